The molecule has 20 heavy (non-hydrogen) atoms. The summed E-state index contributed by atoms with van der Waals surface area (Å²) in [5, 5.41) is 0. The van der Waals surface area contributed by atoms with E-state index in [9.17, 15) is 0 Å². The molecule has 0 aliphatic carbocycles. The fourth-order valence-corrected chi connectivity index (χ4v) is 7.57. The second kappa shape index (κ2) is 13.7. The minimum Gasteiger partial charge on any atom is -0.382 e. The van der Waals surface area contributed by atoms with E-state index in [2.05, 4.69) is 40.0 Å². The fraction of sp³-hybridized carbons (Fsp3) is 1.00. The summed E-state index contributed by atoms with van der Waals surface area (Å²) in [7, 11) is 2.71. The molecule has 0 saturated heterocycles. The lowest BCUT2D eigenvalue weighted by Gasteiger charge is -2.20. The van der Waals surface area contributed by atoms with Crippen LogP contribution in [-0.2, 0) is 9.47 Å². The van der Waals surface area contributed by atoms with Crippen LogP contribution in [-0.4, -0.2) is 53.8 Å². The Bertz CT molecular complexity index is 197. The van der Waals surface area contributed by atoms with Crippen molar-refractivity contribution in [3.05, 3.63) is 0 Å². The number of hydrogen-bond donors (Lipinski definition) is 0. The maximum Gasteiger partial charge on any atom is 0.0656 e. The molecule has 0 radical (unpaired) electrons. The zero-order valence-electron chi connectivity index (χ0n) is 14.2. The Morgan fingerprint density at radius 2 is 1.10 bits per heavy atom. The monoisotopic (exact) mass is 354 g/mol. The van der Waals surface area contributed by atoms with E-state index in [1.54, 1.807) is 0 Å². The zero-order valence-corrected chi connectivity index (χ0v) is 18.1. The molecule has 0 aliphatic rings. The average molecular weight is 355 g/mol. The largest absolute Gasteiger partial charge is 0.382 e. The van der Waals surface area contributed by atoms with Crippen molar-refractivity contribution in [2.45, 2.75) is 64.3 Å². The molecule has 0 fully saturated rings. The molecule has 0 aromatic carbocycles. The van der Waals surface area contributed by atoms with Gasteiger partial charge in [-0.3, -0.25) is 0 Å². The third kappa shape index (κ3) is 10.7. The quantitative estimate of drug-likeness (QED) is 0.282. The zero-order chi connectivity index (χ0) is 15.4. The molecular weight excluding hydrogens is 320 g/mol. The third-order valence-corrected chi connectivity index (χ3v) is 9.80. The minimum absolute atomic E-state index is 0.562. The van der Waals surface area contributed by atoms with Gasteiger partial charge in [0.15, 0.2) is 0 Å². The van der Waals surface area contributed by atoms with E-state index in [0.717, 1.165) is 13.2 Å². The molecule has 0 aromatic heterocycles. The van der Waals surface area contributed by atoms with Crippen molar-refractivity contribution in [3.63, 3.8) is 0 Å². The third-order valence-electron chi connectivity index (χ3n) is 3.30. The summed E-state index contributed by atoms with van der Waals surface area (Å²) in [6.45, 7) is 15.5. The molecule has 0 N–H and O–H groups in total. The van der Waals surface area contributed by atoms with Gasteiger partial charge in [0.25, 0.3) is 0 Å². The van der Waals surface area contributed by atoms with E-state index < -0.39 is 17.6 Å². The van der Waals surface area contributed by atoms with Crippen LogP contribution >= 0.6 is 21.6 Å². The summed E-state index contributed by atoms with van der Waals surface area (Å²) >= 11 is 0. The molecule has 122 valence electrons. The van der Waals surface area contributed by atoms with E-state index in [-0.39, 0.29) is 0 Å². The van der Waals surface area contributed by atoms with Crippen molar-refractivity contribution in [2.75, 3.05) is 24.7 Å². The molecule has 2 unspecified atom stereocenters. The van der Waals surface area contributed by atoms with Crippen LogP contribution in [0.2, 0.25) is 26.2 Å². The summed E-state index contributed by atoms with van der Waals surface area (Å²) in [5.74, 6) is 2.44. The Kier molecular flexibility index (Phi) is 14.4. The Morgan fingerprint density at radius 1 is 0.750 bits per heavy atom. The smallest absolute Gasteiger partial charge is 0.0656 e. The van der Waals surface area contributed by atoms with Crippen LogP contribution in [0.3, 0.4) is 0 Å². The van der Waals surface area contributed by atoms with Crippen LogP contribution in [0, 0.1) is 0 Å². The van der Waals surface area contributed by atoms with Gasteiger partial charge in [-0.05, 0) is 26.7 Å². The minimum atomic E-state index is -0.660. The van der Waals surface area contributed by atoms with Crippen molar-refractivity contribution in [2.24, 2.45) is 0 Å². The highest BCUT2D eigenvalue weighted by Crippen LogP contribution is 2.25. The Morgan fingerprint density at radius 3 is 1.35 bits per heavy atom. The van der Waals surface area contributed by atoms with Crippen molar-refractivity contribution in [1.29, 1.82) is 0 Å². The maximum atomic E-state index is 5.84. The highest BCUT2D eigenvalue weighted by Gasteiger charge is 2.15. The molecule has 0 aliphatic heterocycles. The maximum absolute atomic E-state index is 5.84. The highest BCUT2D eigenvalue weighted by molar-refractivity contribution is 8.76. The highest BCUT2D eigenvalue weighted by atomic mass is 33.1. The average Bonchev–Trinajstić information content (AvgIpc) is 2.39. The lowest BCUT2D eigenvalue weighted by molar-refractivity contribution is 0.112. The van der Waals surface area contributed by atoms with Gasteiger partial charge < -0.3 is 9.47 Å². The van der Waals surface area contributed by atoms with Gasteiger partial charge in [0.05, 0.1) is 17.6 Å². The van der Waals surface area contributed by atoms with Gasteiger partial charge in [-0.15, -0.1) is 0 Å². The fourth-order valence-electron chi connectivity index (χ4n) is 2.09. The standard InChI is InChI=1S/C14H34O2S2Si2/c1-7-15-13(19(3)4)9-11-17-18-12-10-14(16-8-2)20(5)6/h13-14,19-20H,7-12H2,1-6H3. The molecular formula is C14H34O2S2Si2. The van der Waals surface area contributed by atoms with Crippen molar-refractivity contribution >= 4 is 39.2 Å². The van der Waals surface area contributed by atoms with E-state index >= 15 is 0 Å². The Balaban J connectivity index is 3.64. The molecule has 2 nitrogen and oxygen atoms in total. The lowest BCUT2D eigenvalue weighted by Crippen LogP contribution is -2.28. The molecule has 0 saturated carbocycles. The van der Waals surface area contributed by atoms with Crippen LogP contribution in [0.25, 0.3) is 0 Å². The summed E-state index contributed by atoms with van der Waals surface area (Å²) in [5.41, 5.74) is 1.12. The number of rotatable bonds is 13. The van der Waals surface area contributed by atoms with Gasteiger partial charge in [0.1, 0.15) is 0 Å². The summed E-state index contributed by atoms with van der Waals surface area (Å²) in [6, 6.07) is 0. The first-order valence-corrected chi connectivity index (χ1v) is 16.4. The summed E-state index contributed by atoms with van der Waals surface area (Å²) in [6.07, 6.45) is 2.45. The molecule has 0 bridgehead atoms. The molecule has 0 spiro atoms. The van der Waals surface area contributed by atoms with Gasteiger partial charge in [-0.2, -0.15) is 0 Å². The normalized spacial score (nSPS) is 15.0. The van der Waals surface area contributed by atoms with E-state index in [0.29, 0.717) is 11.5 Å². The van der Waals surface area contributed by atoms with Gasteiger partial charge >= 0.3 is 0 Å². The first-order valence-electron chi connectivity index (χ1n) is 8.00. The SMILES string of the molecule is CCOC(CCSSCCC(OCC)[SiH](C)C)[SiH](C)C. The number of hydrogen-bond acceptors (Lipinski definition) is 4. The van der Waals surface area contributed by atoms with E-state index in [4.69, 9.17) is 9.47 Å². The molecule has 0 rings (SSSR count). The number of ether oxygens (including phenoxy) is 2. The summed E-state index contributed by atoms with van der Waals surface area (Å²) in [4.78, 5) is 0. The van der Waals surface area contributed by atoms with Gasteiger partial charge in [0.2, 0.25) is 0 Å². The first-order chi connectivity index (χ1) is 9.52. The molecule has 6 heteroatoms. The Hall–Kier alpha value is 1.05. The van der Waals surface area contributed by atoms with Crippen LogP contribution in [0.15, 0.2) is 0 Å². The molecule has 2 atom stereocenters. The van der Waals surface area contributed by atoms with Crippen LogP contribution in [0.4, 0.5) is 0 Å². The van der Waals surface area contributed by atoms with E-state index in [1.807, 2.05) is 21.6 Å². The lowest BCUT2D eigenvalue weighted by atomic mass is 10.5. The van der Waals surface area contributed by atoms with Gasteiger partial charge in [-0.25, -0.2) is 0 Å². The van der Waals surface area contributed by atoms with Crippen molar-refractivity contribution < 1.29 is 9.47 Å². The van der Waals surface area contributed by atoms with E-state index in [1.165, 1.54) is 24.3 Å². The second-order valence-corrected chi connectivity index (χ2v) is 14.9. The van der Waals surface area contributed by atoms with Crippen LogP contribution in [0.1, 0.15) is 26.7 Å². The Labute approximate surface area is 137 Å². The van der Waals surface area contributed by atoms with Gasteiger partial charge in [-0.1, -0.05) is 47.8 Å². The predicted molar refractivity (Wildman–Crippen MR) is 103 cm³/mol. The predicted octanol–water partition coefficient (Wildman–Crippen LogP) is 4.01. The molecule has 0 amide bonds. The molecule has 0 heterocycles. The van der Waals surface area contributed by atoms with Gasteiger partial charge in [0, 0.05) is 36.2 Å². The van der Waals surface area contributed by atoms with Crippen LogP contribution in [0.5, 0.6) is 0 Å². The summed E-state index contributed by atoms with van der Waals surface area (Å²) < 4.78 is 11.7. The van der Waals surface area contributed by atoms with Crippen LogP contribution < -0.4 is 0 Å². The first kappa shape index (κ1) is 21.1. The molecule has 0 aromatic rings. The van der Waals surface area contributed by atoms with Crippen molar-refractivity contribution in [3.8, 4) is 0 Å². The topological polar surface area (TPSA) is 18.5 Å². The van der Waals surface area contributed by atoms with Crippen molar-refractivity contribution in [1.82, 2.24) is 0 Å². The second-order valence-electron chi connectivity index (χ2n) is 5.70.